The molecule has 0 amide bonds. The number of benzene rings is 11. The number of nitrogens with zero attached hydrogens (tertiary/aromatic N) is 3. The minimum atomic E-state index is 0.216. The lowest BCUT2D eigenvalue weighted by Crippen LogP contribution is -2.55. The van der Waals surface area contributed by atoms with Crippen LogP contribution in [0, 0.1) is 11.8 Å². The lowest BCUT2D eigenvalue weighted by atomic mass is 9.42. The summed E-state index contributed by atoms with van der Waals surface area (Å²) in [5, 5.41) is 4.98. The van der Waals surface area contributed by atoms with Crippen LogP contribution in [-0.2, 0) is 42.9 Å². The van der Waals surface area contributed by atoms with Crippen LogP contribution in [0.2, 0.25) is 0 Å². The molecule has 11 aromatic carbocycles. The first-order valence-electron chi connectivity index (χ1n) is 33.1. The number of para-hydroxylation sites is 1. The van der Waals surface area contributed by atoms with Crippen molar-refractivity contribution in [3.63, 3.8) is 0 Å². The number of aromatic nitrogens is 2. The van der Waals surface area contributed by atoms with E-state index < -0.39 is 0 Å². The molecule has 0 spiro atoms. The summed E-state index contributed by atoms with van der Waals surface area (Å²) in [6.07, 6.45) is 18.2. The number of hydrogen-bond donors (Lipinski definition) is 0. The summed E-state index contributed by atoms with van der Waals surface area (Å²) < 4.78 is 5.00. The van der Waals surface area contributed by atoms with E-state index >= 15 is 0 Å². The molecular weight excluding hydrogens is 1070 g/mol. The predicted octanol–water partition coefficient (Wildman–Crippen LogP) is 22.3. The molecule has 13 aromatic rings. The molecule has 2 atom stereocenters. The molecular formula is C86H73N3. The second kappa shape index (κ2) is 20.6. The van der Waals surface area contributed by atoms with E-state index in [-0.39, 0.29) is 10.8 Å². The highest BCUT2D eigenvalue weighted by Crippen LogP contribution is 2.66. The number of hydrogen-bond acceptors (Lipinski definition) is 1. The Kier molecular flexibility index (Phi) is 12.2. The van der Waals surface area contributed by atoms with Gasteiger partial charge < -0.3 is 14.0 Å². The highest BCUT2D eigenvalue weighted by molar-refractivity contribution is 6.19. The first-order chi connectivity index (χ1) is 43.8. The largest absolute Gasteiger partial charge is 0.311 e. The molecule has 2 heterocycles. The summed E-state index contributed by atoms with van der Waals surface area (Å²) in [4.78, 5) is 2.48. The Bertz CT molecular complexity index is 4920. The molecule has 4 fully saturated rings. The van der Waals surface area contributed by atoms with Crippen molar-refractivity contribution >= 4 is 66.7 Å². The molecule has 432 valence electrons. The Balaban J connectivity index is 0.733. The van der Waals surface area contributed by atoms with Crippen LogP contribution in [-0.4, -0.2) is 9.13 Å². The summed E-state index contributed by atoms with van der Waals surface area (Å²) in [5.74, 6) is 1.58. The van der Waals surface area contributed by atoms with Crippen LogP contribution in [0.1, 0.15) is 103 Å². The van der Waals surface area contributed by atoms with Gasteiger partial charge in [0.2, 0.25) is 0 Å². The standard InChI is InChI=1S/C86H73N3/c1-3-5-8-57-13-34-72(35-14-57)87(74-42-32-71(33-43-74)86-53-58-45-59(54-86)52-85(51-58,55-86)70-30-11-56(4-2)12-31-70)73-36-23-64(24-37-73)69-29-44-82-78(48-69)80-50-83-79(49-84(80)89(82)76-40-27-63(28-41-76)68-22-18-61-16-20-66(61)47-68)77-9-6-7-10-81(77)88(83)75-38-25-62(26-39-75)67-21-17-60-15-19-65(60)46-67/h4,6-7,9-14,17-18,21-44,46-50,58-59H,2-3,5,8,15-16,19-20,45,51-55H2,1H3. The van der Waals surface area contributed by atoms with E-state index in [2.05, 4.69) is 264 Å². The molecule has 6 aliphatic rings. The second-order valence-electron chi connectivity index (χ2n) is 27.4. The van der Waals surface area contributed by atoms with Gasteiger partial charge in [-0.15, -0.1) is 0 Å². The van der Waals surface area contributed by atoms with Crippen molar-refractivity contribution in [3.8, 4) is 44.8 Å². The SMILES string of the molecule is C=Cc1ccc(C23CC4CC(C2)CC(c2ccc(N(c5ccc(CCCC)cc5)c5ccc(-c6ccc7c(c6)c6cc8c(cc6n7-c6ccc(-c7ccc9c(c7)CC9)cc6)c6ccccc6n8-c6ccc(-c7ccc8c(c7)CC8)cc6)cc5)cc2)(C4)C3)cc1. The number of anilines is 3. The van der Waals surface area contributed by atoms with Gasteiger partial charge in [0.25, 0.3) is 0 Å². The van der Waals surface area contributed by atoms with Gasteiger partial charge in [-0.1, -0.05) is 172 Å². The van der Waals surface area contributed by atoms with Gasteiger partial charge in [-0.05, 0) is 269 Å². The van der Waals surface area contributed by atoms with E-state index in [0.717, 1.165) is 29.6 Å². The maximum absolute atomic E-state index is 4.06. The maximum atomic E-state index is 4.06. The van der Waals surface area contributed by atoms with Crippen LogP contribution >= 0.6 is 0 Å². The molecule has 2 unspecified atom stereocenters. The van der Waals surface area contributed by atoms with E-state index in [1.54, 1.807) is 5.56 Å². The molecule has 2 aromatic heterocycles. The van der Waals surface area contributed by atoms with Gasteiger partial charge in [-0.2, -0.15) is 0 Å². The van der Waals surface area contributed by atoms with Crippen LogP contribution in [0.4, 0.5) is 17.1 Å². The molecule has 4 saturated carbocycles. The summed E-state index contributed by atoms with van der Waals surface area (Å²) in [6.45, 7) is 6.34. The minimum Gasteiger partial charge on any atom is -0.311 e. The Morgan fingerprint density at radius 1 is 0.416 bits per heavy atom. The van der Waals surface area contributed by atoms with E-state index in [1.165, 1.54) is 210 Å². The van der Waals surface area contributed by atoms with Crippen molar-refractivity contribution in [2.75, 3.05) is 4.90 Å². The number of fused-ring (bicyclic) bond motifs is 8. The zero-order valence-electron chi connectivity index (χ0n) is 51.0. The van der Waals surface area contributed by atoms with Crippen molar-refractivity contribution in [2.45, 2.75) is 101 Å². The molecule has 6 aliphatic carbocycles. The lowest BCUT2D eigenvalue weighted by Gasteiger charge is -2.63. The van der Waals surface area contributed by atoms with Crippen molar-refractivity contribution in [3.05, 3.63) is 288 Å². The number of rotatable bonds is 14. The first-order valence-corrected chi connectivity index (χ1v) is 33.1. The fourth-order valence-corrected chi connectivity index (χ4v) is 17.9. The Morgan fingerprint density at radius 3 is 1.37 bits per heavy atom. The van der Waals surface area contributed by atoms with Gasteiger partial charge in [0, 0.05) is 50.0 Å². The molecule has 3 heteroatoms. The highest BCUT2D eigenvalue weighted by atomic mass is 15.1. The van der Waals surface area contributed by atoms with Crippen molar-refractivity contribution in [2.24, 2.45) is 11.8 Å². The Labute approximate surface area is 523 Å². The van der Waals surface area contributed by atoms with E-state index in [1.807, 2.05) is 6.08 Å². The summed E-state index contributed by atoms with van der Waals surface area (Å²) >= 11 is 0. The van der Waals surface area contributed by atoms with Gasteiger partial charge in [0.1, 0.15) is 0 Å². The van der Waals surface area contributed by atoms with Crippen molar-refractivity contribution in [1.29, 1.82) is 0 Å². The Hall–Kier alpha value is -9.44. The average molecular weight is 1150 g/mol. The third kappa shape index (κ3) is 8.66. The molecule has 0 saturated heterocycles. The van der Waals surface area contributed by atoms with Crippen LogP contribution in [0.25, 0.3) is 94.4 Å². The third-order valence-corrected chi connectivity index (χ3v) is 22.2. The van der Waals surface area contributed by atoms with Crippen LogP contribution in [0.5, 0.6) is 0 Å². The second-order valence-corrected chi connectivity index (χ2v) is 27.4. The molecule has 0 N–H and O–H groups in total. The zero-order valence-corrected chi connectivity index (χ0v) is 51.0. The highest BCUT2D eigenvalue weighted by Gasteiger charge is 2.58. The van der Waals surface area contributed by atoms with Gasteiger partial charge >= 0.3 is 0 Å². The van der Waals surface area contributed by atoms with Gasteiger partial charge in [-0.25, -0.2) is 0 Å². The fraction of sp³-hybridized carbons (Fsp3) is 0.209. The monoisotopic (exact) mass is 1150 g/mol. The third-order valence-electron chi connectivity index (χ3n) is 22.2. The smallest absolute Gasteiger partial charge is 0.0548 e. The van der Waals surface area contributed by atoms with E-state index in [9.17, 15) is 0 Å². The molecule has 19 rings (SSSR count). The number of aryl methyl sites for hydroxylation is 5. The average Bonchev–Trinajstić information content (AvgIpc) is 1.41. The van der Waals surface area contributed by atoms with Crippen LogP contribution < -0.4 is 4.90 Å². The van der Waals surface area contributed by atoms with Crippen LogP contribution in [0.3, 0.4) is 0 Å². The topological polar surface area (TPSA) is 13.1 Å². The van der Waals surface area contributed by atoms with Crippen molar-refractivity contribution < 1.29 is 0 Å². The van der Waals surface area contributed by atoms with Gasteiger partial charge in [0.05, 0.1) is 22.1 Å². The molecule has 4 bridgehead atoms. The van der Waals surface area contributed by atoms with E-state index in [0.29, 0.717) is 0 Å². The number of unbranched alkanes of at least 4 members (excludes halogenated alkanes) is 1. The summed E-state index contributed by atoms with van der Waals surface area (Å²) in [5.41, 5.74) is 30.3. The summed E-state index contributed by atoms with van der Waals surface area (Å²) in [6, 6.07) is 91.8. The van der Waals surface area contributed by atoms with Crippen molar-refractivity contribution in [1.82, 2.24) is 9.13 Å². The summed E-state index contributed by atoms with van der Waals surface area (Å²) in [7, 11) is 0. The van der Waals surface area contributed by atoms with E-state index in [4.69, 9.17) is 0 Å². The zero-order chi connectivity index (χ0) is 59.0. The molecule has 89 heavy (non-hydrogen) atoms. The molecule has 0 aliphatic heterocycles. The quantitative estimate of drug-likeness (QED) is 0.106. The Morgan fingerprint density at radius 2 is 0.854 bits per heavy atom. The lowest BCUT2D eigenvalue weighted by molar-refractivity contribution is -0.0281. The van der Waals surface area contributed by atoms with Crippen LogP contribution in [0.15, 0.2) is 243 Å². The first kappa shape index (κ1) is 52.7. The maximum Gasteiger partial charge on any atom is 0.0548 e. The molecule has 3 nitrogen and oxygen atoms in total. The predicted molar refractivity (Wildman–Crippen MR) is 374 cm³/mol. The molecule has 0 radical (unpaired) electrons. The minimum absolute atomic E-state index is 0.216. The van der Waals surface area contributed by atoms with Gasteiger partial charge in [-0.3, -0.25) is 0 Å². The van der Waals surface area contributed by atoms with Gasteiger partial charge in [0.15, 0.2) is 0 Å². The fourth-order valence-electron chi connectivity index (χ4n) is 17.9. The normalized spacial score (nSPS) is 19.6.